The van der Waals surface area contributed by atoms with Crippen LogP contribution in [0.5, 0.6) is 0 Å². The minimum atomic E-state index is -0.363. The highest BCUT2D eigenvalue weighted by Crippen LogP contribution is 2.47. The molecule has 2 heteroatoms. The van der Waals surface area contributed by atoms with Crippen molar-refractivity contribution in [3.8, 4) is 0 Å². The van der Waals surface area contributed by atoms with Crippen molar-refractivity contribution in [3.63, 3.8) is 0 Å². The zero-order valence-corrected chi connectivity index (χ0v) is 11.5. The highest BCUT2D eigenvalue weighted by Gasteiger charge is 2.49. The topological polar surface area (TPSA) is 43.1 Å². The van der Waals surface area contributed by atoms with Gasteiger partial charge in [0.15, 0.2) is 0 Å². The summed E-state index contributed by atoms with van der Waals surface area (Å²) in [6.07, 6.45) is 3.85. The van der Waals surface area contributed by atoms with Crippen LogP contribution < -0.4 is 5.73 Å². The summed E-state index contributed by atoms with van der Waals surface area (Å²) >= 11 is 0. The standard InChI is InChI=1S/C18H19NO/c19-17(20)18(12-13-18)16-10-8-15(9-11-16)7-6-14-4-2-1-3-5-14/h1-5,8-11H,6-7,12-13H2,(H2,19,20). The first-order valence-corrected chi connectivity index (χ1v) is 7.14. The third-order valence-corrected chi connectivity index (χ3v) is 4.27. The molecule has 1 fully saturated rings. The predicted octanol–water partition coefficient (Wildman–Crippen LogP) is 2.99. The van der Waals surface area contributed by atoms with Crippen molar-refractivity contribution in [2.45, 2.75) is 31.1 Å². The molecule has 0 atom stereocenters. The van der Waals surface area contributed by atoms with E-state index in [9.17, 15) is 4.79 Å². The Balaban J connectivity index is 1.67. The Kier molecular flexibility index (Phi) is 3.31. The lowest BCUT2D eigenvalue weighted by Crippen LogP contribution is -2.28. The quantitative estimate of drug-likeness (QED) is 0.887. The molecule has 0 aromatic heterocycles. The van der Waals surface area contributed by atoms with E-state index in [1.54, 1.807) is 0 Å². The average molecular weight is 265 g/mol. The first-order valence-electron chi connectivity index (χ1n) is 7.14. The maximum absolute atomic E-state index is 11.5. The van der Waals surface area contributed by atoms with Gasteiger partial charge in [0, 0.05) is 0 Å². The van der Waals surface area contributed by atoms with E-state index < -0.39 is 0 Å². The van der Waals surface area contributed by atoms with Gasteiger partial charge < -0.3 is 5.73 Å². The second-order valence-corrected chi connectivity index (χ2v) is 5.63. The van der Waals surface area contributed by atoms with Crippen LogP contribution in [0.3, 0.4) is 0 Å². The molecule has 0 heterocycles. The van der Waals surface area contributed by atoms with Gasteiger partial charge in [-0.15, -0.1) is 0 Å². The molecule has 102 valence electrons. The summed E-state index contributed by atoms with van der Waals surface area (Å²) in [5, 5.41) is 0. The molecule has 0 spiro atoms. The Bertz CT molecular complexity index is 597. The molecular formula is C18H19NO. The fourth-order valence-electron chi connectivity index (χ4n) is 2.73. The molecule has 1 saturated carbocycles. The Morgan fingerprint density at radius 1 is 0.900 bits per heavy atom. The number of primary amides is 1. The van der Waals surface area contributed by atoms with Gasteiger partial charge >= 0.3 is 0 Å². The summed E-state index contributed by atoms with van der Waals surface area (Å²) in [6, 6.07) is 18.9. The number of carbonyl (C=O) groups excluding carboxylic acids is 1. The summed E-state index contributed by atoms with van der Waals surface area (Å²) in [6.45, 7) is 0. The van der Waals surface area contributed by atoms with Crippen molar-refractivity contribution >= 4 is 5.91 Å². The molecule has 1 aliphatic carbocycles. The molecule has 0 unspecified atom stereocenters. The molecular weight excluding hydrogens is 246 g/mol. The van der Waals surface area contributed by atoms with E-state index >= 15 is 0 Å². The predicted molar refractivity (Wildman–Crippen MR) is 80.4 cm³/mol. The number of hydrogen-bond acceptors (Lipinski definition) is 1. The maximum Gasteiger partial charge on any atom is 0.228 e. The van der Waals surface area contributed by atoms with Crippen LogP contribution in [0.1, 0.15) is 29.5 Å². The summed E-state index contributed by atoms with van der Waals surface area (Å²) in [7, 11) is 0. The lowest BCUT2D eigenvalue weighted by atomic mass is 9.93. The van der Waals surface area contributed by atoms with Gasteiger partial charge in [-0.1, -0.05) is 54.6 Å². The fourth-order valence-corrected chi connectivity index (χ4v) is 2.73. The summed E-state index contributed by atoms with van der Waals surface area (Å²) in [4.78, 5) is 11.5. The number of nitrogens with two attached hydrogens (primary N) is 1. The SMILES string of the molecule is NC(=O)C1(c2ccc(CCc3ccccc3)cc2)CC1. The van der Waals surface area contributed by atoms with E-state index in [1.165, 1.54) is 11.1 Å². The summed E-state index contributed by atoms with van der Waals surface area (Å²) in [5.41, 5.74) is 8.87. The Hall–Kier alpha value is -2.09. The van der Waals surface area contributed by atoms with Gasteiger partial charge in [0.25, 0.3) is 0 Å². The minimum Gasteiger partial charge on any atom is -0.369 e. The number of hydrogen-bond donors (Lipinski definition) is 1. The van der Waals surface area contributed by atoms with E-state index in [0.717, 1.165) is 31.2 Å². The molecule has 2 nitrogen and oxygen atoms in total. The van der Waals surface area contributed by atoms with Gasteiger partial charge in [-0.05, 0) is 42.4 Å². The molecule has 0 aliphatic heterocycles. The number of benzene rings is 2. The van der Waals surface area contributed by atoms with Crippen molar-refractivity contribution < 1.29 is 4.79 Å². The average Bonchev–Trinajstić information content (AvgIpc) is 3.28. The van der Waals surface area contributed by atoms with Crippen LogP contribution in [-0.2, 0) is 23.1 Å². The van der Waals surface area contributed by atoms with Gasteiger partial charge in [0.2, 0.25) is 5.91 Å². The fraction of sp³-hybridized carbons (Fsp3) is 0.278. The van der Waals surface area contributed by atoms with Crippen LogP contribution in [0, 0.1) is 0 Å². The number of carbonyl (C=O) groups is 1. The van der Waals surface area contributed by atoms with Crippen molar-refractivity contribution in [2.75, 3.05) is 0 Å². The normalized spacial score (nSPS) is 15.8. The molecule has 1 amide bonds. The number of aryl methyl sites for hydroxylation is 2. The Labute approximate surface area is 119 Å². The Morgan fingerprint density at radius 3 is 1.95 bits per heavy atom. The van der Waals surface area contributed by atoms with Gasteiger partial charge in [0.05, 0.1) is 5.41 Å². The van der Waals surface area contributed by atoms with Crippen LogP contribution in [0.4, 0.5) is 0 Å². The highest BCUT2D eigenvalue weighted by molar-refractivity contribution is 5.89. The molecule has 1 aliphatic rings. The first-order chi connectivity index (χ1) is 9.71. The third kappa shape index (κ3) is 2.46. The molecule has 0 bridgehead atoms. The number of rotatable bonds is 5. The highest BCUT2D eigenvalue weighted by atomic mass is 16.1. The minimum absolute atomic E-state index is 0.186. The zero-order chi connectivity index (χ0) is 14.0. The van der Waals surface area contributed by atoms with Crippen molar-refractivity contribution in [2.24, 2.45) is 5.73 Å². The smallest absolute Gasteiger partial charge is 0.228 e. The molecule has 0 radical (unpaired) electrons. The summed E-state index contributed by atoms with van der Waals surface area (Å²) in [5.74, 6) is -0.186. The van der Waals surface area contributed by atoms with Gasteiger partial charge in [0.1, 0.15) is 0 Å². The van der Waals surface area contributed by atoms with E-state index in [1.807, 2.05) is 6.07 Å². The first kappa shape index (κ1) is 12.9. The molecule has 2 N–H and O–H groups in total. The molecule has 2 aromatic rings. The summed E-state index contributed by atoms with van der Waals surface area (Å²) < 4.78 is 0. The molecule has 0 saturated heterocycles. The van der Waals surface area contributed by atoms with Gasteiger partial charge in [-0.3, -0.25) is 4.79 Å². The van der Waals surface area contributed by atoms with Gasteiger partial charge in [-0.2, -0.15) is 0 Å². The molecule has 2 aromatic carbocycles. The van der Waals surface area contributed by atoms with E-state index in [0.29, 0.717) is 0 Å². The van der Waals surface area contributed by atoms with Crippen LogP contribution >= 0.6 is 0 Å². The van der Waals surface area contributed by atoms with E-state index in [4.69, 9.17) is 5.73 Å². The third-order valence-electron chi connectivity index (χ3n) is 4.27. The number of amides is 1. The van der Waals surface area contributed by atoms with Gasteiger partial charge in [-0.25, -0.2) is 0 Å². The van der Waals surface area contributed by atoms with Crippen LogP contribution in [0.15, 0.2) is 54.6 Å². The van der Waals surface area contributed by atoms with Crippen LogP contribution in [-0.4, -0.2) is 5.91 Å². The van der Waals surface area contributed by atoms with Crippen LogP contribution in [0.25, 0.3) is 0 Å². The largest absolute Gasteiger partial charge is 0.369 e. The van der Waals surface area contributed by atoms with Crippen LogP contribution in [0.2, 0.25) is 0 Å². The lowest BCUT2D eigenvalue weighted by molar-refractivity contribution is -0.120. The monoisotopic (exact) mass is 265 g/mol. The van der Waals surface area contributed by atoms with E-state index in [-0.39, 0.29) is 11.3 Å². The van der Waals surface area contributed by atoms with Crippen molar-refractivity contribution in [3.05, 3.63) is 71.3 Å². The lowest BCUT2D eigenvalue weighted by Gasteiger charge is -2.12. The van der Waals surface area contributed by atoms with E-state index in [2.05, 4.69) is 48.5 Å². The second kappa shape index (κ2) is 5.12. The van der Waals surface area contributed by atoms with Crippen molar-refractivity contribution in [1.29, 1.82) is 0 Å². The second-order valence-electron chi connectivity index (χ2n) is 5.63. The zero-order valence-electron chi connectivity index (χ0n) is 11.5. The Morgan fingerprint density at radius 2 is 1.45 bits per heavy atom. The van der Waals surface area contributed by atoms with Crippen molar-refractivity contribution in [1.82, 2.24) is 0 Å². The maximum atomic E-state index is 11.5. The molecule has 3 rings (SSSR count). The molecule has 20 heavy (non-hydrogen) atoms.